The summed E-state index contributed by atoms with van der Waals surface area (Å²) in [6.07, 6.45) is 3.73. The molecule has 110 valence electrons. The van der Waals surface area contributed by atoms with Crippen LogP contribution in [-0.2, 0) is 13.0 Å². The Morgan fingerprint density at radius 2 is 1.84 bits per heavy atom. The van der Waals surface area contributed by atoms with E-state index >= 15 is 0 Å². The molecule has 1 atom stereocenters. The lowest BCUT2D eigenvalue weighted by molar-refractivity contribution is 0.295. The van der Waals surface area contributed by atoms with Gasteiger partial charge in [-0.2, -0.15) is 0 Å². The van der Waals surface area contributed by atoms with Crippen molar-refractivity contribution < 1.29 is 4.42 Å². The first kappa shape index (κ1) is 16.2. The first-order chi connectivity index (χ1) is 8.57. The number of hydrogen-bond acceptors (Lipinski definition) is 3. The highest BCUT2D eigenvalue weighted by Crippen LogP contribution is 2.27. The molecule has 1 N–H and O–H groups in total. The number of nitrogens with zero attached hydrogens (tertiary/aromatic N) is 1. The summed E-state index contributed by atoms with van der Waals surface area (Å²) in [4.78, 5) is 4.34. The maximum Gasteiger partial charge on any atom is 0.181 e. The van der Waals surface area contributed by atoms with Gasteiger partial charge in [-0.3, -0.25) is 0 Å². The Labute approximate surface area is 118 Å². The van der Waals surface area contributed by atoms with E-state index in [1.165, 1.54) is 6.42 Å². The molecule has 0 saturated heterocycles. The lowest BCUT2D eigenvalue weighted by atomic mass is 9.83. The van der Waals surface area contributed by atoms with Crippen molar-refractivity contribution in [2.75, 3.05) is 0 Å². The van der Waals surface area contributed by atoms with E-state index in [1.807, 2.05) is 0 Å². The van der Waals surface area contributed by atoms with E-state index in [0.29, 0.717) is 11.3 Å². The summed E-state index contributed by atoms with van der Waals surface area (Å²) in [7, 11) is 0. The second-order valence-corrected chi connectivity index (χ2v) is 7.90. The predicted molar refractivity (Wildman–Crippen MR) is 80.0 cm³/mol. The van der Waals surface area contributed by atoms with Crippen molar-refractivity contribution in [1.82, 2.24) is 10.3 Å². The predicted octanol–water partition coefficient (Wildman–Crippen LogP) is 4.18. The van der Waals surface area contributed by atoms with Gasteiger partial charge in [0.2, 0.25) is 0 Å². The molecule has 0 aromatic carbocycles. The fourth-order valence-electron chi connectivity index (χ4n) is 2.39. The first-order valence-electron chi connectivity index (χ1n) is 7.23. The van der Waals surface area contributed by atoms with Crippen LogP contribution < -0.4 is 5.32 Å². The molecule has 0 aliphatic heterocycles. The number of rotatable bonds is 5. The van der Waals surface area contributed by atoms with E-state index in [9.17, 15) is 0 Å². The van der Waals surface area contributed by atoms with Crippen LogP contribution in [0.4, 0.5) is 0 Å². The molecule has 0 amide bonds. The van der Waals surface area contributed by atoms with Crippen molar-refractivity contribution in [1.29, 1.82) is 0 Å². The van der Waals surface area contributed by atoms with Gasteiger partial charge in [0, 0.05) is 18.5 Å². The van der Waals surface area contributed by atoms with Gasteiger partial charge in [-0.05, 0) is 38.5 Å². The van der Waals surface area contributed by atoms with Gasteiger partial charge in [0.25, 0.3) is 0 Å². The zero-order valence-corrected chi connectivity index (χ0v) is 13.6. The minimum atomic E-state index is 0.104. The van der Waals surface area contributed by atoms with E-state index in [1.54, 1.807) is 6.39 Å². The number of aromatic nitrogens is 1. The summed E-state index contributed by atoms with van der Waals surface area (Å²) >= 11 is 0. The minimum Gasteiger partial charge on any atom is -0.448 e. The monoisotopic (exact) mass is 266 g/mol. The topological polar surface area (TPSA) is 38.1 Å². The summed E-state index contributed by atoms with van der Waals surface area (Å²) in [5.41, 5.74) is 1.52. The Morgan fingerprint density at radius 3 is 2.37 bits per heavy atom. The van der Waals surface area contributed by atoms with Crippen LogP contribution in [0, 0.1) is 11.3 Å². The summed E-state index contributed by atoms with van der Waals surface area (Å²) in [6.45, 7) is 16.4. The Hall–Kier alpha value is -0.830. The molecule has 0 aliphatic carbocycles. The molecular weight excluding hydrogens is 236 g/mol. The van der Waals surface area contributed by atoms with Crippen LogP contribution in [0.1, 0.15) is 66.3 Å². The average Bonchev–Trinajstić information content (AvgIpc) is 2.57. The summed E-state index contributed by atoms with van der Waals surface area (Å²) < 4.78 is 5.56. The van der Waals surface area contributed by atoms with Crippen molar-refractivity contribution in [3.8, 4) is 0 Å². The van der Waals surface area contributed by atoms with Gasteiger partial charge in [-0.1, -0.05) is 27.7 Å². The molecule has 1 heterocycles. The van der Waals surface area contributed by atoms with Gasteiger partial charge in [0.1, 0.15) is 5.76 Å². The molecule has 0 spiro atoms. The SMILES string of the molecule is CC(Cc1ocnc1CNC(C)(C)C)CC(C)(C)C. The van der Waals surface area contributed by atoms with Crippen molar-refractivity contribution >= 4 is 0 Å². The number of oxazole rings is 1. The Morgan fingerprint density at radius 1 is 1.21 bits per heavy atom. The normalized spacial score (nSPS) is 14.7. The van der Waals surface area contributed by atoms with Gasteiger partial charge in [-0.25, -0.2) is 4.98 Å². The molecule has 1 aromatic heterocycles. The van der Waals surface area contributed by atoms with Crippen LogP contribution in [0.2, 0.25) is 0 Å². The first-order valence-corrected chi connectivity index (χ1v) is 7.23. The van der Waals surface area contributed by atoms with Gasteiger partial charge < -0.3 is 9.73 Å². The molecule has 0 radical (unpaired) electrons. The van der Waals surface area contributed by atoms with Crippen LogP contribution in [0.25, 0.3) is 0 Å². The minimum absolute atomic E-state index is 0.104. The Kier molecular flexibility index (Phi) is 5.19. The van der Waals surface area contributed by atoms with Crippen molar-refractivity contribution in [2.45, 2.75) is 73.4 Å². The largest absolute Gasteiger partial charge is 0.448 e. The smallest absolute Gasteiger partial charge is 0.181 e. The van der Waals surface area contributed by atoms with E-state index in [-0.39, 0.29) is 5.54 Å². The van der Waals surface area contributed by atoms with E-state index in [2.05, 4.69) is 58.8 Å². The zero-order valence-electron chi connectivity index (χ0n) is 13.6. The fraction of sp³-hybridized carbons (Fsp3) is 0.812. The Bertz CT molecular complexity index is 382. The maximum atomic E-state index is 5.56. The van der Waals surface area contributed by atoms with Crippen molar-refractivity contribution in [3.63, 3.8) is 0 Å². The zero-order chi connectivity index (χ0) is 14.7. The number of nitrogens with one attached hydrogen (secondary N) is 1. The number of hydrogen-bond donors (Lipinski definition) is 1. The summed E-state index contributed by atoms with van der Waals surface area (Å²) in [5.74, 6) is 1.65. The standard InChI is InChI=1S/C16H30N2O/c1-12(9-15(2,3)4)8-14-13(17-11-19-14)10-18-16(5,6)7/h11-12,18H,8-10H2,1-7H3. The molecule has 3 heteroatoms. The molecule has 0 aliphatic rings. The molecule has 0 bridgehead atoms. The highest BCUT2D eigenvalue weighted by molar-refractivity contribution is 5.08. The molecule has 19 heavy (non-hydrogen) atoms. The van der Waals surface area contributed by atoms with Crippen LogP contribution >= 0.6 is 0 Å². The summed E-state index contributed by atoms with van der Waals surface area (Å²) in [5, 5.41) is 3.46. The maximum absolute atomic E-state index is 5.56. The third kappa shape index (κ3) is 6.76. The second kappa shape index (κ2) is 6.08. The third-order valence-corrected chi connectivity index (χ3v) is 3.01. The van der Waals surface area contributed by atoms with Crippen LogP contribution in [0.3, 0.4) is 0 Å². The van der Waals surface area contributed by atoms with E-state index in [4.69, 9.17) is 4.42 Å². The third-order valence-electron chi connectivity index (χ3n) is 3.01. The fourth-order valence-corrected chi connectivity index (χ4v) is 2.39. The Balaban J connectivity index is 2.58. The van der Waals surface area contributed by atoms with Gasteiger partial charge in [0.15, 0.2) is 6.39 Å². The molecule has 1 rings (SSSR count). The van der Waals surface area contributed by atoms with Crippen LogP contribution in [-0.4, -0.2) is 10.5 Å². The second-order valence-electron chi connectivity index (χ2n) is 7.90. The van der Waals surface area contributed by atoms with Crippen molar-refractivity contribution in [2.24, 2.45) is 11.3 Å². The lowest BCUT2D eigenvalue weighted by Gasteiger charge is -2.23. The molecule has 1 unspecified atom stereocenters. The van der Waals surface area contributed by atoms with Crippen LogP contribution in [0.5, 0.6) is 0 Å². The quantitative estimate of drug-likeness (QED) is 0.869. The molecule has 1 aromatic rings. The highest BCUT2D eigenvalue weighted by Gasteiger charge is 2.19. The highest BCUT2D eigenvalue weighted by atomic mass is 16.3. The average molecular weight is 266 g/mol. The molecular formula is C16H30N2O. The molecule has 0 fully saturated rings. The van der Waals surface area contributed by atoms with Crippen molar-refractivity contribution in [3.05, 3.63) is 17.8 Å². The van der Waals surface area contributed by atoms with Gasteiger partial charge in [-0.15, -0.1) is 0 Å². The van der Waals surface area contributed by atoms with Gasteiger partial charge >= 0.3 is 0 Å². The molecule has 0 saturated carbocycles. The lowest BCUT2D eigenvalue weighted by Crippen LogP contribution is -2.35. The summed E-state index contributed by atoms with van der Waals surface area (Å²) in [6, 6.07) is 0. The molecule has 3 nitrogen and oxygen atoms in total. The van der Waals surface area contributed by atoms with E-state index in [0.717, 1.165) is 24.4 Å². The van der Waals surface area contributed by atoms with Gasteiger partial charge in [0.05, 0.1) is 5.69 Å². The van der Waals surface area contributed by atoms with E-state index < -0.39 is 0 Å². The van der Waals surface area contributed by atoms with Crippen LogP contribution in [0.15, 0.2) is 10.8 Å².